The first-order valence-corrected chi connectivity index (χ1v) is 8.80. The first kappa shape index (κ1) is 22.4. The van der Waals surface area contributed by atoms with Gasteiger partial charge in [-0.3, -0.25) is 9.59 Å². The Bertz CT molecular complexity index is 640. The molecule has 0 bridgehead atoms. The van der Waals surface area contributed by atoms with Gasteiger partial charge in [0.05, 0.1) is 0 Å². The van der Waals surface area contributed by atoms with Gasteiger partial charge in [0.1, 0.15) is 11.4 Å². The molecule has 2 amide bonds. The van der Waals surface area contributed by atoms with Gasteiger partial charge in [0.2, 0.25) is 0 Å². The summed E-state index contributed by atoms with van der Waals surface area (Å²) in [7, 11) is 0. The molecule has 0 spiro atoms. The second kappa shape index (κ2) is 10.5. The van der Waals surface area contributed by atoms with Gasteiger partial charge in [-0.05, 0) is 58.4 Å². The van der Waals surface area contributed by atoms with Crippen LogP contribution in [0.4, 0.5) is 14.9 Å². The lowest BCUT2D eigenvalue weighted by Crippen LogP contribution is -2.35. The van der Waals surface area contributed by atoms with Gasteiger partial charge in [-0.1, -0.05) is 0 Å². The van der Waals surface area contributed by atoms with Crippen LogP contribution in [0, 0.1) is 5.82 Å². The summed E-state index contributed by atoms with van der Waals surface area (Å²) >= 11 is 0. The molecule has 150 valence electrons. The number of rotatable bonds is 8. The van der Waals surface area contributed by atoms with Gasteiger partial charge in [0.15, 0.2) is 6.61 Å². The van der Waals surface area contributed by atoms with Crippen molar-refractivity contribution in [2.75, 3.05) is 24.6 Å². The Morgan fingerprint density at radius 3 is 2.33 bits per heavy atom. The third kappa shape index (κ3) is 9.03. The Kier molecular flexibility index (Phi) is 8.71. The number of hydrogen-bond acceptors (Lipinski definition) is 5. The number of esters is 1. The van der Waals surface area contributed by atoms with Gasteiger partial charge >= 0.3 is 12.1 Å². The smallest absolute Gasteiger partial charge is 0.407 e. The fourth-order valence-corrected chi connectivity index (χ4v) is 2.15. The molecule has 1 N–H and O–H groups in total. The Balaban J connectivity index is 2.31. The highest BCUT2D eigenvalue weighted by Gasteiger charge is 2.17. The first-order valence-electron chi connectivity index (χ1n) is 8.80. The van der Waals surface area contributed by atoms with Crippen molar-refractivity contribution in [1.29, 1.82) is 0 Å². The molecule has 0 aliphatic carbocycles. The van der Waals surface area contributed by atoms with E-state index in [0.717, 1.165) is 0 Å². The zero-order chi connectivity index (χ0) is 20.4. The zero-order valence-electron chi connectivity index (χ0n) is 16.2. The summed E-state index contributed by atoms with van der Waals surface area (Å²) in [6.07, 6.45) is -0.128. The molecular weight excluding hydrogens is 355 g/mol. The number of carbonyl (C=O) groups is 3. The predicted molar refractivity (Wildman–Crippen MR) is 98.9 cm³/mol. The summed E-state index contributed by atoms with van der Waals surface area (Å²) in [4.78, 5) is 36.8. The number of anilines is 1. The van der Waals surface area contributed by atoms with Crippen LogP contribution in [0.3, 0.4) is 0 Å². The predicted octanol–water partition coefficient (Wildman–Crippen LogP) is 3.03. The van der Waals surface area contributed by atoms with E-state index in [1.807, 2.05) is 0 Å². The van der Waals surface area contributed by atoms with Crippen LogP contribution in [0.25, 0.3) is 0 Å². The van der Waals surface area contributed by atoms with Crippen LogP contribution < -0.4 is 10.2 Å². The van der Waals surface area contributed by atoms with Gasteiger partial charge in [0.25, 0.3) is 5.91 Å². The van der Waals surface area contributed by atoms with E-state index in [2.05, 4.69) is 5.32 Å². The molecule has 0 radical (unpaired) electrons. The van der Waals surface area contributed by atoms with Crippen molar-refractivity contribution >= 4 is 23.7 Å². The number of nitrogens with zero attached hydrogens (tertiary/aromatic N) is 1. The van der Waals surface area contributed by atoms with Crippen LogP contribution in [0.2, 0.25) is 0 Å². The van der Waals surface area contributed by atoms with Crippen molar-refractivity contribution in [2.45, 2.75) is 46.1 Å². The third-order valence-electron chi connectivity index (χ3n) is 3.34. The fourth-order valence-electron chi connectivity index (χ4n) is 2.15. The highest BCUT2D eigenvalue weighted by atomic mass is 19.1. The number of carbonyl (C=O) groups excluding carboxylic acids is 3. The van der Waals surface area contributed by atoms with Crippen molar-refractivity contribution in [3.05, 3.63) is 30.1 Å². The molecule has 0 fully saturated rings. The molecule has 7 nitrogen and oxygen atoms in total. The van der Waals surface area contributed by atoms with E-state index < -0.39 is 36.0 Å². The van der Waals surface area contributed by atoms with Crippen LogP contribution in [-0.2, 0) is 19.1 Å². The minimum Gasteiger partial charge on any atom is -0.456 e. The van der Waals surface area contributed by atoms with Gasteiger partial charge in [-0.15, -0.1) is 0 Å². The summed E-state index contributed by atoms with van der Waals surface area (Å²) < 4.78 is 23.0. The molecule has 0 saturated heterocycles. The molecule has 0 aliphatic heterocycles. The van der Waals surface area contributed by atoms with E-state index in [1.165, 1.54) is 29.2 Å². The van der Waals surface area contributed by atoms with Crippen LogP contribution in [-0.4, -0.2) is 43.3 Å². The van der Waals surface area contributed by atoms with Gasteiger partial charge in [-0.2, -0.15) is 0 Å². The number of hydrogen-bond donors (Lipinski definition) is 1. The summed E-state index contributed by atoms with van der Waals surface area (Å²) in [5.74, 6) is -1.33. The molecule has 1 rings (SSSR count). The summed E-state index contributed by atoms with van der Waals surface area (Å²) in [5.41, 5.74) is -0.0551. The molecule has 0 aliphatic rings. The largest absolute Gasteiger partial charge is 0.456 e. The number of benzene rings is 1. The normalized spacial score (nSPS) is 10.9. The lowest BCUT2D eigenvalue weighted by Gasteiger charge is -2.21. The average Bonchev–Trinajstić information content (AvgIpc) is 2.57. The van der Waals surface area contributed by atoms with E-state index in [9.17, 15) is 18.8 Å². The number of ether oxygens (including phenoxy) is 2. The fraction of sp³-hybridized carbons (Fsp3) is 0.526. The van der Waals surface area contributed by atoms with Crippen LogP contribution >= 0.6 is 0 Å². The topological polar surface area (TPSA) is 84.9 Å². The molecule has 0 unspecified atom stereocenters. The summed E-state index contributed by atoms with van der Waals surface area (Å²) in [6.45, 7) is 7.26. The van der Waals surface area contributed by atoms with E-state index >= 15 is 0 Å². The molecule has 0 atom stereocenters. The summed E-state index contributed by atoms with van der Waals surface area (Å²) in [6, 6.07) is 5.49. The molecule has 1 aromatic carbocycles. The quantitative estimate of drug-likeness (QED) is 0.552. The Morgan fingerprint density at radius 1 is 1.15 bits per heavy atom. The van der Waals surface area contributed by atoms with Crippen molar-refractivity contribution in [2.24, 2.45) is 0 Å². The maximum absolute atomic E-state index is 13.0. The van der Waals surface area contributed by atoms with Gasteiger partial charge in [-0.25, -0.2) is 9.18 Å². The van der Waals surface area contributed by atoms with Crippen LogP contribution in [0.1, 0.15) is 40.5 Å². The molecule has 27 heavy (non-hydrogen) atoms. The minimum absolute atomic E-state index is 0.0613. The second-order valence-electron chi connectivity index (χ2n) is 6.81. The van der Waals surface area contributed by atoms with E-state index in [0.29, 0.717) is 18.7 Å². The molecule has 0 saturated carbocycles. The standard InChI is InChI=1S/C19H27FN2O5/c1-5-22(15-10-8-14(20)9-11-15)16(23)13-26-17(24)7-6-12-21-18(25)27-19(2,3)4/h8-11H,5-7,12-13H2,1-4H3,(H,21,25). The highest BCUT2D eigenvalue weighted by Crippen LogP contribution is 2.15. The molecule has 8 heteroatoms. The SMILES string of the molecule is CCN(C(=O)COC(=O)CCCNC(=O)OC(C)(C)C)c1ccc(F)cc1. The van der Waals surface area contributed by atoms with E-state index in [4.69, 9.17) is 9.47 Å². The molecule has 1 aromatic rings. The van der Waals surface area contributed by atoms with Crippen molar-refractivity contribution < 1.29 is 28.2 Å². The number of alkyl carbamates (subject to hydrolysis) is 1. The first-order chi connectivity index (χ1) is 12.6. The zero-order valence-corrected chi connectivity index (χ0v) is 16.2. The van der Waals surface area contributed by atoms with Crippen molar-refractivity contribution in [3.8, 4) is 0 Å². The second-order valence-corrected chi connectivity index (χ2v) is 6.81. The maximum Gasteiger partial charge on any atom is 0.407 e. The Morgan fingerprint density at radius 2 is 1.78 bits per heavy atom. The highest BCUT2D eigenvalue weighted by molar-refractivity contribution is 5.95. The van der Waals surface area contributed by atoms with E-state index in [1.54, 1.807) is 27.7 Å². The molecule has 0 heterocycles. The third-order valence-corrected chi connectivity index (χ3v) is 3.34. The van der Waals surface area contributed by atoms with E-state index in [-0.39, 0.29) is 13.0 Å². The Labute approximate surface area is 158 Å². The maximum atomic E-state index is 13.0. The molecule has 0 aromatic heterocycles. The number of nitrogens with one attached hydrogen (secondary N) is 1. The number of halogens is 1. The number of amides is 2. The summed E-state index contributed by atoms with van der Waals surface area (Å²) in [5, 5.41) is 2.54. The van der Waals surface area contributed by atoms with Crippen molar-refractivity contribution in [1.82, 2.24) is 5.32 Å². The van der Waals surface area contributed by atoms with Gasteiger partial charge < -0.3 is 19.7 Å². The van der Waals surface area contributed by atoms with Crippen molar-refractivity contribution in [3.63, 3.8) is 0 Å². The number of likely N-dealkylation sites (N-methyl/N-ethyl adjacent to an activating group) is 1. The van der Waals surface area contributed by atoms with Crippen LogP contribution in [0.5, 0.6) is 0 Å². The molecular formula is C19H27FN2O5. The van der Waals surface area contributed by atoms with Gasteiger partial charge in [0, 0.05) is 25.2 Å². The lowest BCUT2D eigenvalue weighted by molar-refractivity contribution is -0.147. The van der Waals surface area contributed by atoms with Crippen LogP contribution in [0.15, 0.2) is 24.3 Å². The lowest BCUT2D eigenvalue weighted by atomic mass is 10.2. The minimum atomic E-state index is -0.584. The average molecular weight is 382 g/mol. The Hall–Kier alpha value is -2.64. The monoisotopic (exact) mass is 382 g/mol.